The van der Waals surface area contributed by atoms with Gasteiger partial charge in [0.05, 0.1) is 6.54 Å². The Labute approximate surface area is 170 Å². The van der Waals surface area contributed by atoms with Gasteiger partial charge in [0.25, 0.3) is 0 Å². The quantitative estimate of drug-likeness (QED) is 0.670. The maximum Gasteiger partial charge on any atom is 0.422 e. The number of ether oxygens (including phenoxy) is 1. The SMILES string of the molecule is Cc1cccc(NC(=O)NCC(=O)N(CC(=O)OCC(F)(F)F)c2ccccc2)c1. The second-order valence-electron chi connectivity index (χ2n) is 6.27. The standard InChI is InChI=1S/C20H20F3N3O4/c1-14-6-5-7-15(10-14)25-19(29)24-11-17(27)26(16-8-3-2-4-9-16)12-18(28)30-13-20(21,22)23/h2-10H,11-13H2,1H3,(H2,24,25,29). The van der Waals surface area contributed by atoms with Crippen LogP contribution in [0, 0.1) is 6.92 Å². The van der Waals surface area contributed by atoms with E-state index >= 15 is 0 Å². The van der Waals surface area contributed by atoms with Crippen molar-refractivity contribution in [1.82, 2.24) is 5.32 Å². The molecule has 2 N–H and O–H groups in total. The Morgan fingerprint density at radius 3 is 2.37 bits per heavy atom. The molecule has 2 aromatic rings. The van der Waals surface area contributed by atoms with Gasteiger partial charge in [-0.2, -0.15) is 13.2 Å². The van der Waals surface area contributed by atoms with E-state index in [1.165, 1.54) is 12.1 Å². The van der Waals surface area contributed by atoms with Gasteiger partial charge < -0.3 is 15.4 Å². The molecule has 0 radical (unpaired) electrons. The molecular formula is C20H20F3N3O4. The van der Waals surface area contributed by atoms with E-state index in [1.807, 2.05) is 13.0 Å². The number of hydrogen-bond donors (Lipinski definition) is 2. The van der Waals surface area contributed by atoms with E-state index in [-0.39, 0.29) is 5.69 Å². The fraction of sp³-hybridized carbons (Fsp3) is 0.250. The summed E-state index contributed by atoms with van der Waals surface area (Å²) in [6.45, 7) is -1.12. The maximum atomic E-state index is 12.5. The average Bonchev–Trinajstić information content (AvgIpc) is 2.69. The zero-order valence-corrected chi connectivity index (χ0v) is 16.0. The predicted octanol–water partition coefficient (Wildman–Crippen LogP) is 3.26. The van der Waals surface area contributed by atoms with Crippen LogP contribution in [0.3, 0.4) is 0 Å². The average molecular weight is 423 g/mol. The van der Waals surface area contributed by atoms with Crippen LogP contribution in [0.4, 0.5) is 29.3 Å². The maximum absolute atomic E-state index is 12.5. The first-order valence-corrected chi connectivity index (χ1v) is 8.83. The van der Waals surface area contributed by atoms with Crippen LogP contribution in [-0.2, 0) is 14.3 Å². The number of alkyl halides is 3. The highest BCUT2D eigenvalue weighted by molar-refractivity contribution is 6.01. The van der Waals surface area contributed by atoms with Gasteiger partial charge in [-0.25, -0.2) is 4.79 Å². The van der Waals surface area contributed by atoms with Gasteiger partial charge in [0.15, 0.2) is 6.61 Å². The molecular weight excluding hydrogens is 403 g/mol. The molecule has 3 amide bonds. The smallest absolute Gasteiger partial charge is 0.422 e. The summed E-state index contributed by atoms with van der Waals surface area (Å²) in [5, 5.41) is 4.91. The minimum atomic E-state index is -4.67. The lowest BCUT2D eigenvalue weighted by Gasteiger charge is -2.22. The van der Waals surface area contributed by atoms with E-state index in [2.05, 4.69) is 15.4 Å². The molecule has 0 bridgehead atoms. The number of benzene rings is 2. The van der Waals surface area contributed by atoms with Gasteiger partial charge in [-0.1, -0.05) is 30.3 Å². The first kappa shape index (κ1) is 22.7. The molecule has 0 heterocycles. The van der Waals surface area contributed by atoms with Gasteiger partial charge >= 0.3 is 18.2 Å². The van der Waals surface area contributed by atoms with Gasteiger partial charge in [0, 0.05) is 11.4 Å². The summed E-state index contributed by atoms with van der Waals surface area (Å²) in [7, 11) is 0. The Morgan fingerprint density at radius 1 is 1.03 bits per heavy atom. The van der Waals surface area contributed by atoms with Crippen LogP contribution in [0.5, 0.6) is 0 Å². The molecule has 160 valence electrons. The number of nitrogens with one attached hydrogen (secondary N) is 2. The van der Waals surface area contributed by atoms with Crippen LogP contribution in [-0.4, -0.2) is 43.8 Å². The molecule has 0 aromatic heterocycles. The van der Waals surface area contributed by atoms with E-state index in [0.717, 1.165) is 10.5 Å². The summed E-state index contributed by atoms with van der Waals surface area (Å²) in [4.78, 5) is 37.3. The number of hydrogen-bond acceptors (Lipinski definition) is 4. The number of para-hydroxylation sites is 1. The number of anilines is 2. The monoisotopic (exact) mass is 423 g/mol. The lowest BCUT2D eigenvalue weighted by molar-refractivity contribution is -0.185. The molecule has 0 atom stereocenters. The topological polar surface area (TPSA) is 87.7 Å². The number of carbonyl (C=O) groups excluding carboxylic acids is 3. The van der Waals surface area contributed by atoms with E-state index in [9.17, 15) is 27.6 Å². The predicted molar refractivity (Wildman–Crippen MR) is 104 cm³/mol. The molecule has 10 heteroatoms. The molecule has 0 spiro atoms. The summed E-state index contributed by atoms with van der Waals surface area (Å²) in [6.07, 6.45) is -4.67. The number of halogens is 3. The van der Waals surface area contributed by atoms with Crippen molar-refractivity contribution in [2.24, 2.45) is 0 Å². The number of esters is 1. The van der Waals surface area contributed by atoms with Crippen LogP contribution in [0.1, 0.15) is 5.56 Å². The number of rotatable bonds is 7. The normalized spacial score (nSPS) is 10.8. The molecule has 0 saturated heterocycles. The van der Waals surface area contributed by atoms with Crippen LogP contribution in [0.25, 0.3) is 0 Å². The molecule has 0 aliphatic carbocycles. The van der Waals surface area contributed by atoms with Crippen molar-refractivity contribution in [3.05, 3.63) is 60.2 Å². The summed E-state index contributed by atoms with van der Waals surface area (Å²) in [6, 6.07) is 14.2. The Hall–Kier alpha value is -3.56. The van der Waals surface area contributed by atoms with Crippen molar-refractivity contribution >= 4 is 29.3 Å². The van der Waals surface area contributed by atoms with Crippen LogP contribution >= 0.6 is 0 Å². The number of carbonyl (C=O) groups is 3. The molecule has 0 aliphatic rings. The van der Waals surface area contributed by atoms with Gasteiger partial charge in [-0.05, 0) is 36.8 Å². The zero-order valence-electron chi connectivity index (χ0n) is 16.0. The van der Waals surface area contributed by atoms with Crippen molar-refractivity contribution in [3.8, 4) is 0 Å². The zero-order chi connectivity index (χ0) is 22.1. The van der Waals surface area contributed by atoms with Crippen LogP contribution < -0.4 is 15.5 Å². The molecule has 0 aliphatic heterocycles. The van der Waals surface area contributed by atoms with Crippen molar-refractivity contribution in [2.45, 2.75) is 13.1 Å². The first-order chi connectivity index (χ1) is 14.1. The van der Waals surface area contributed by atoms with Crippen molar-refractivity contribution in [1.29, 1.82) is 0 Å². The molecule has 2 rings (SSSR count). The molecule has 0 saturated carbocycles. The lowest BCUT2D eigenvalue weighted by Crippen LogP contribution is -2.44. The first-order valence-electron chi connectivity index (χ1n) is 8.83. The number of nitrogens with zero attached hydrogens (tertiary/aromatic N) is 1. The molecule has 2 aromatic carbocycles. The van der Waals surface area contributed by atoms with Crippen molar-refractivity contribution < 1.29 is 32.3 Å². The summed E-state index contributed by atoms with van der Waals surface area (Å²) in [5.41, 5.74) is 1.72. The van der Waals surface area contributed by atoms with Crippen LogP contribution in [0.15, 0.2) is 54.6 Å². The third kappa shape index (κ3) is 7.82. The third-order valence-corrected chi connectivity index (χ3v) is 3.73. The van der Waals surface area contributed by atoms with Gasteiger partial charge in [-0.15, -0.1) is 0 Å². The minimum absolute atomic E-state index is 0.271. The van der Waals surface area contributed by atoms with E-state index in [0.29, 0.717) is 5.69 Å². The van der Waals surface area contributed by atoms with E-state index < -0.39 is 43.8 Å². The summed E-state index contributed by atoms with van der Waals surface area (Å²) in [5.74, 6) is -1.93. The lowest BCUT2D eigenvalue weighted by atomic mass is 10.2. The van der Waals surface area contributed by atoms with Gasteiger partial charge in [-0.3, -0.25) is 14.5 Å². The van der Waals surface area contributed by atoms with Crippen LogP contribution in [0.2, 0.25) is 0 Å². The van der Waals surface area contributed by atoms with Crippen molar-refractivity contribution in [2.75, 3.05) is 29.9 Å². The Balaban J connectivity index is 1.98. The molecule has 0 fully saturated rings. The second-order valence-corrected chi connectivity index (χ2v) is 6.27. The largest absolute Gasteiger partial charge is 0.455 e. The fourth-order valence-electron chi connectivity index (χ4n) is 2.42. The number of urea groups is 1. The number of aryl methyl sites for hydroxylation is 1. The van der Waals surface area contributed by atoms with Gasteiger partial charge in [0.1, 0.15) is 6.54 Å². The Bertz CT molecular complexity index is 888. The molecule has 30 heavy (non-hydrogen) atoms. The summed E-state index contributed by atoms with van der Waals surface area (Å²) < 4.78 is 40.9. The Morgan fingerprint density at radius 2 is 1.73 bits per heavy atom. The highest BCUT2D eigenvalue weighted by Crippen LogP contribution is 2.16. The minimum Gasteiger partial charge on any atom is -0.455 e. The summed E-state index contributed by atoms with van der Waals surface area (Å²) >= 11 is 0. The van der Waals surface area contributed by atoms with Gasteiger partial charge in [0.2, 0.25) is 5.91 Å². The molecule has 0 unspecified atom stereocenters. The highest BCUT2D eigenvalue weighted by atomic mass is 19.4. The fourth-order valence-corrected chi connectivity index (χ4v) is 2.42. The van der Waals surface area contributed by atoms with E-state index in [4.69, 9.17) is 0 Å². The highest BCUT2D eigenvalue weighted by Gasteiger charge is 2.30. The molecule has 7 nitrogen and oxygen atoms in total. The second kappa shape index (κ2) is 10.3. The Kier molecular flexibility index (Phi) is 7.79. The van der Waals surface area contributed by atoms with Crippen molar-refractivity contribution in [3.63, 3.8) is 0 Å². The van der Waals surface area contributed by atoms with E-state index in [1.54, 1.807) is 36.4 Å². The third-order valence-electron chi connectivity index (χ3n) is 3.73. The number of amides is 3.